The van der Waals surface area contributed by atoms with E-state index in [1.165, 1.54) is 16.8 Å². The summed E-state index contributed by atoms with van der Waals surface area (Å²) in [6.07, 6.45) is 0. The van der Waals surface area contributed by atoms with Gasteiger partial charge in [0.05, 0.1) is 27.3 Å². The second-order valence-corrected chi connectivity index (χ2v) is 8.00. The third-order valence-electron chi connectivity index (χ3n) is 4.12. The fourth-order valence-electron chi connectivity index (χ4n) is 2.61. The van der Waals surface area contributed by atoms with Crippen LogP contribution in [0.3, 0.4) is 0 Å². The van der Waals surface area contributed by atoms with E-state index in [1.54, 1.807) is 45.0 Å². The Hall–Kier alpha value is -3.67. The van der Waals surface area contributed by atoms with Gasteiger partial charge in [0.1, 0.15) is 11.6 Å². The molecule has 2 amide bonds. The Morgan fingerprint density at radius 1 is 1.23 bits per heavy atom. The lowest BCUT2D eigenvalue weighted by Crippen LogP contribution is -2.25. The predicted molar refractivity (Wildman–Crippen MR) is 115 cm³/mol. The highest BCUT2D eigenvalue weighted by molar-refractivity contribution is 8.01. The molecule has 11 nitrogen and oxygen atoms in total. The fourth-order valence-corrected chi connectivity index (χ4v) is 3.29. The lowest BCUT2D eigenvalue weighted by Gasteiger charge is -2.11. The van der Waals surface area contributed by atoms with E-state index in [0.29, 0.717) is 28.8 Å². The summed E-state index contributed by atoms with van der Waals surface area (Å²) in [7, 11) is 0. The van der Waals surface area contributed by atoms with Gasteiger partial charge >= 0.3 is 0 Å². The summed E-state index contributed by atoms with van der Waals surface area (Å²) in [6, 6.07) is 9.12. The number of benzene rings is 1. The van der Waals surface area contributed by atoms with Gasteiger partial charge in [0.2, 0.25) is 11.8 Å². The molecule has 3 rings (SSSR count). The molecule has 2 N–H and O–H groups in total. The van der Waals surface area contributed by atoms with Crippen molar-refractivity contribution in [2.75, 3.05) is 16.4 Å². The Balaban J connectivity index is 1.59. The number of nitrogens with one attached hydrogen (secondary N) is 2. The van der Waals surface area contributed by atoms with Crippen molar-refractivity contribution in [3.63, 3.8) is 0 Å². The van der Waals surface area contributed by atoms with Crippen LogP contribution in [0.1, 0.15) is 18.4 Å². The standard InChI is InChI=1S/C19H20N6O5S/c1-11-8-17(24(22-11)14-4-6-15(7-5-14)25(28)29)21-18(26)10-31-13(3)19(27)20-16-9-12(2)30-23-16/h4-9,13H,10H2,1-3H3,(H,21,26)(H,20,23,27). The van der Waals surface area contributed by atoms with Crippen LogP contribution in [0.4, 0.5) is 17.3 Å². The second kappa shape index (κ2) is 9.43. The van der Waals surface area contributed by atoms with Gasteiger partial charge in [-0.05, 0) is 32.9 Å². The number of hydrogen-bond donors (Lipinski definition) is 2. The molecule has 0 bridgehead atoms. The Kier molecular flexibility index (Phi) is 6.70. The molecule has 1 atom stereocenters. The Bertz CT molecular complexity index is 1110. The van der Waals surface area contributed by atoms with Gasteiger partial charge in [-0.2, -0.15) is 5.10 Å². The Morgan fingerprint density at radius 3 is 2.55 bits per heavy atom. The Labute approximate surface area is 181 Å². The molecule has 0 aliphatic carbocycles. The molecule has 0 radical (unpaired) electrons. The molecule has 1 unspecified atom stereocenters. The van der Waals surface area contributed by atoms with Crippen molar-refractivity contribution in [2.24, 2.45) is 0 Å². The van der Waals surface area contributed by atoms with Gasteiger partial charge in [-0.25, -0.2) is 4.68 Å². The van der Waals surface area contributed by atoms with Gasteiger partial charge in [0, 0.05) is 24.3 Å². The van der Waals surface area contributed by atoms with Crippen LogP contribution in [0.25, 0.3) is 5.69 Å². The highest BCUT2D eigenvalue weighted by Crippen LogP contribution is 2.21. The zero-order valence-corrected chi connectivity index (χ0v) is 17.8. The number of hydrogen-bond acceptors (Lipinski definition) is 8. The van der Waals surface area contributed by atoms with Crippen LogP contribution in [-0.4, -0.2) is 42.7 Å². The molecule has 0 spiro atoms. The minimum Gasteiger partial charge on any atom is -0.360 e. The first-order valence-corrected chi connectivity index (χ1v) is 10.2. The van der Waals surface area contributed by atoms with E-state index in [-0.39, 0.29) is 23.3 Å². The molecule has 31 heavy (non-hydrogen) atoms. The molecule has 0 aliphatic rings. The number of thioether (sulfide) groups is 1. The SMILES string of the molecule is Cc1cc(NC(=O)CSC(C)C(=O)Nc2cc(C)on2)n(-c2ccc([N+](=O)[O-])cc2)n1. The number of nitro benzene ring substituents is 1. The lowest BCUT2D eigenvalue weighted by molar-refractivity contribution is -0.384. The lowest BCUT2D eigenvalue weighted by atomic mass is 10.3. The number of carbonyl (C=O) groups is 2. The van der Waals surface area contributed by atoms with Crippen molar-refractivity contribution in [1.29, 1.82) is 0 Å². The number of anilines is 2. The summed E-state index contributed by atoms with van der Waals surface area (Å²) in [5.74, 6) is 0.753. The van der Waals surface area contributed by atoms with E-state index in [2.05, 4.69) is 20.9 Å². The highest BCUT2D eigenvalue weighted by atomic mass is 32.2. The first kappa shape index (κ1) is 22.0. The summed E-state index contributed by atoms with van der Waals surface area (Å²) >= 11 is 1.16. The van der Waals surface area contributed by atoms with Crippen LogP contribution in [0.5, 0.6) is 0 Å². The summed E-state index contributed by atoms with van der Waals surface area (Å²) in [6.45, 7) is 5.17. The third kappa shape index (κ3) is 5.69. The predicted octanol–water partition coefficient (Wildman–Crippen LogP) is 3.08. The summed E-state index contributed by atoms with van der Waals surface area (Å²) in [4.78, 5) is 35.0. The molecule has 0 fully saturated rings. The van der Waals surface area contributed by atoms with E-state index in [9.17, 15) is 19.7 Å². The summed E-state index contributed by atoms with van der Waals surface area (Å²) in [5.41, 5.74) is 1.19. The van der Waals surface area contributed by atoms with Crippen molar-refractivity contribution in [2.45, 2.75) is 26.0 Å². The molecule has 3 aromatic rings. The number of amides is 2. The van der Waals surface area contributed by atoms with Crippen molar-refractivity contribution in [3.05, 3.63) is 58.0 Å². The van der Waals surface area contributed by atoms with Crippen LogP contribution >= 0.6 is 11.8 Å². The number of nitro groups is 1. The largest absolute Gasteiger partial charge is 0.360 e. The highest BCUT2D eigenvalue weighted by Gasteiger charge is 2.18. The zero-order valence-electron chi connectivity index (χ0n) is 17.0. The van der Waals surface area contributed by atoms with E-state index >= 15 is 0 Å². The fraction of sp³-hybridized carbons (Fsp3) is 0.263. The van der Waals surface area contributed by atoms with Crippen LogP contribution in [0, 0.1) is 24.0 Å². The van der Waals surface area contributed by atoms with E-state index in [1.807, 2.05) is 0 Å². The smallest absolute Gasteiger partial charge is 0.269 e. The molecule has 0 saturated carbocycles. The van der Waals surface area contributed by atoms with Crippen LogP contribution in [-0.2, 0) is 9.59 Å². The Morgan fingerprint density at radius 2 is 1.94 bits per heavy atom. The van der Waals surface area contributed by atoms with E-state index in [0.717, 1.165) is 11.8 Å². The normalized spacial score (nSPS) is 11.7. The zero-order chi connectivity index (χ0) is 22.5. The molecule has 12 heteroatoms. The molecule has 2 aromatic heterocycles. The molecule has 2 heterocycles. The van der Waals surface area contributed by atoms with Gasteiger partial charge in [0.25, 0.3) is 5.69 Å². The average Bonchev–Trinajstić information content (AvgIpc) is 3.30. The number of aryl methyl sites for hydroxylation is 2. The van der Waals surface area contributed by atoms with Crippen LogP contribution < -0.4 is 10.6 Å². The number of non-ortho nitro benzene ring substituents is 1. The molecular formula is C19H20N6O5S. The maximum absolute atomic E-state index is 12.4. The monoisotopic (exact) mass is 444 g/mol. The van der Waals surface area contributed by atoms with Crippen molar-refractivity contribution in [3.8, 4) is 5.69 Å². The minimum absolute atomic E-state index is 0.0386. The maximum Gasteiger partial charge on any atom is 0.269 e. The van der Waals surface area contributed by atoms with Gasteiger partial charge < -0.3 is 15.2 Å². The first-order chi connectivity index (χ1) is 14.7. The summed E-state index contributed by atoms with van der Waals surface area (Å²) < 4.78 is 6.39. The topological polar surface area (TPSA) is 145 Å². The van der Waals surface area contributed by atoms with Crippen molar-refractivity contribution >= 4 is 40.9 Å². The molecule has 1 aromatic carbocycles. The molecule has 0 aliphatic heterocycles. The van der Waals surface area contributed by atoms with Crippen molar-refractivity contribution in [1.82, 2.24) is 14.9 Å². The van der Waals surface area contributed by atoms with Crippen LogP contribution in [0.15, 0.2) is 40.9 Å². The van der Waals surface area contributed by atoms with E-state index in [4.69, 9.17) is 4.52 Å². The number of carbonyl (C=O) groups excluding carboxylic acids is 2. The van der Waals surface area contributed by atoms with Gasteiger partial charge in [0.15, 0.2) is 5.82 Å². The first-order valence-electron chi connectivity index (χ1n) is 9.20. The summed E-state index contributed by atoms with van der Waals surface area (Å²) in [5, 5.41) is 23.7. The number of aromatic nitrogens is 3. The number of nitrogens with zero attached hydrogens (tertiary/aromatic N) is 4. The van der Waals surface area contributed by atoms with Crippen LogP contribution in [0.2, 0.25) is 0 Å². The van der Waals surface area contributed by atoms with Gasteiger partial charge in [-0.15, -0.1) is 11.8 Å². The maximum atomic E-state index is 12.4. The van der Waals surface area contributed by atoms with Gasteiger partial charge in [-0.1, -0.05) is 5.16 Å². The molecule has 0 saturated heterocycles. The van der Waals surface area contributed by atoms with Crippen molar-refractivity contribution < 1.29 is 19.0 Å². The average molecular weight is 444 g/mol. The quantitative estimate of drug-likeness (QED) is 0.398. The number of rotatable bonds is 8. The molecular weight excluding hydrogens is 424 g/mol. The minimum atomic E-state index is -0.496. The third-order valence-corrected chi connectivity index (χ3v) is 5.26. The van der Waals surface area contributed by atoms with Gasteiger partial charge in [-0.3, -0.25) is 19.7 Å². The van der Waals surface area contributed by atoms with E-state index < -0.39 is 10.2 Å². The molecule has 162 valence electrons. The second-order valence-electron chi connectivity index (χ2n) is 6.67.